The molecule has 1 heterocycles. The number of para-hydroxylation sites is 1. The molecule has 0 aliphatic carbocycles. The molecule has 2 rings (SSSR count). The maximum atomic E-state index is 5.76. The molecule has 4 nitrogen and oxygen atoms in total. The number of ether oxygens (including phenoxy) is 1. The Kier molecular flexibility index (Phi) is 5.62. The Labute approximate surface area is 120 Å². The van der Waals surface area contributed by atoms with Crippen molar-refractivity contribution in [3.8, 4) is 5.75 Å². The van der Waals surface area contributed by atoms with Gasteiger partial charge in [-0.05, 0) is 25.6 Å². The first-order valence-corrected chi connectivity index (χ1v) is 7.21. The van der Waals surface area contributed by atoms with Crippen molar-refractivity contribution in [3.63, 3.8) is 0 Å². The molecule has 1 atom stereocenters. The number of hydrogen-bond donors (Lipinski definition) is 1. The average molecular weight is 273 g/mol. The van der Waals surface area contributed by atoms with Gasteiger partial charge in [-0.25, -0.2) is 4.98 Å². The molecule has 0 radical (unpaired) electrons. The molecular formula is C16H23N3O. The molecule has 1 unspecified atom stereocenters. The Balaban J connectivity index is 1.90. The van der Waals surface area contributed by atoms with E-state index in [9.17, 15) is 0 Å². The van der Waals surface area contributed by atoms with Crippen molar-refractivity contribution in [3.05, 3.63) is 48.5 Å². The van der Waals surface area contributed by atoms with Crippen molar-refractivity contribution in [1.29, 1.82) is 0 Å². The zero-order valence-corrected chi connectivity index (χ0v) is 12.2. The Morgan fingerprint density at radius 2 is 2.10 bits per heavy atom. The van der Waals surface area contributed by atoms with Crippen molar-refractivity contribution in [1.82, 2.24) is 14.9 Å². The third-order valence-electron chi connectivity index (χ3n) is 3.29. The van der Waals surface area contributed by atoms with Crippen LogP contribution in [0.4, 0.5) is 0 Å². The van der Waals surface area contributed by atoms with Gasteiger partial charge in [-0.2, -0.15) is 0 Å². The number of hydrogen-bond acceptors (Lipinski definition) is 3. The summed E-state index contributed by atoms with van der Waals surface area (Å²) in [7, 11) is 1.97. The zero-order valence-electron chi connectivity index (χ0n) is 12.2. The molecule has 1 aromatic carbocycles. The molecule has 0 saturated heterocycles. The van der Waals surface area contributed by atoms with Crippen LogP contribution in [-0.4, -0.2) is 23.2 Å². The van der Waals surface area contributed by atoms with Crippen molar-refractivity contribution in [2.75, 3.05) is 13.7 Å². The van der Waals surface area contributed by atoms with Gasteiger partial charge >= 0.3 is 0 Å². The van der Waals surface area contributed by atoms with E-state index in [-0.39, 0.29) is 6.04 Å². The van der Waals surface area contributed by atoms with Gasteiger partial charge in [0.15, 0.2) is 0 Å². The number of rotatable bonds is 8. The van der Waals surface area contributed by atoms with Gasteiger partial charge in [0.25, 0.3) is 0 Å². The molecule has 0 spiro atoms. The van der Waals surface area contributed by atoms with E-state index in [2.05, 4.69) is 21.8 Å². The first-order valence-electron chi connectivity index (χ1n) is 7.21. The molecule has 4 heteroatoms. The maximum Gasteiger partial charge on any atom is 0.125 e. The highest BCUT2D eigenvalue weighted by molar-refractivity contribution is 5.20. The second kappa shape index (κ2) is 7.70. The minimum atomic E-state index is 0.222. The summed E-state index contributed by atoms with van der Waals surface area (Å²) < 4.78 is 7.97. The lowest BCUT2D eigenvalue weighted by atomic mass is 10.2. The van der Waals surface area contributed by atoms with Crippen molar-refractivity contribution >= 4 is 0 Å². The van der Waals surface area contributed by atoms with Crippen LogP contribution in [0, 0.1) is 0 Å². The summed E-state index contributed by atoms with van der Waals surface area (Å²) in [5, 5.41) is 3.33. The number of aryl methyl sites for hydroxylation is 1. The average Bonchev–Trinajstić information content (AvgIpc) is 2.93. The van der Waals surface area contributed by atoms with Gasteiger partial charge < -0.3 is 14.6 Å². The standard InChI is InChI=1S/C16H23N3O/c1-3-11-19-12-10-18-16(19)15(17-2)9-13-20-14-7-5-4-6-8-14/h4-8,10,12,15,17H,3,9,11,13H2,1-2H3. The number of imidazole rings is 1. The highest BCUT2D eigenvalue weighted by Gasteiger charge is 2.14. The fraction of sp³-hybridized carbons (Fsp3) is 0.438. The van der Waals surface area contributed by atoms with Crippen LogP contribution in [0.1, 0.15) is 31.6 Å². The second-order valence-electron chi connectivity index (χ2n) is 4.77. The van der Waals surface area contributed by atoms with Crippen LogP contribution >= 0.6 is 0 Å². The number of nitrogens with one attached hydrogen (secondary N) is 1. The molecule has 0 saturated carbocycles. The normalized spacial score (nSPS) is 12.3. The SMILES string of the molecule is CCCn1ccnc1C(CCOc1ccccc1)NC. The van der Waals surface area contributed by atoms with Crippen LogP contribution in [0.2, 0.25) is 0 Å². The minimum Gasteiger partial charge on any atom is -0.494 e. The monoisotopic (exact) mass is 273 g/mol. The van der Waals surface area contributed by atoms with E-state index in [4.69, 9.17) is 4.74 Å². The van der Waals surface area contributed by atoms with Crippen molar-refractivity contribution in [2.45, 2.75) is 32.4 Å². The fourth-order valence-electron chi connectivity index (χ4n) is 2.27. The third-order valence-corrected chi connectivity index (χ3v) is 3.29. The van der Waals surface area contributed by atoms with E-state index in [1.807, 2.05) is 49.8 Å². The number of benzene rings is 1. The Morgan fingerprint density at radius 1 is 1.30 bits per heavy atom. The molecular weight excluding hydrogens is 250 g/mol. The van der Waals surface area contributed by atoms with Gasteiger partial charge in [-0.1, -0.05) is 25.1 Å². The summed E-state index contributed by atoms with van der Waals surface area (Å²) in [6, 6.07) is 10.1. The first kappa shape index (κ1) is 14.6. The zero-order chi connectivity index (χ0) is 14.2. The predicted octanol–water partition coefficient (Wildman–Crippen LogP) is 3.02. The fourth-order valence-corrected chi connectivity index (χ4v) is 2.27. The lowest BCUT2D eigenvalue weighted by Gasteiger charge is -2.17. The lowest BCUT2D eigenvalue weighted by Crippen LogP contribution is -2.23. The van der Waals surface area contributed by atoms with Gasteiger partial charge in [0.1, 0.15) is 11.6 Å². The number of nitrogens with zero attached hydrogens (tertiary/aromatic N) is 2. The van der Waals surface area contributed by atoms with Crippen LogP contribution < -0.4 is 10.1 Å². The summed E-state index contributed by atoms with van der Waals surface area (Å²) in [6.07, 6.45) is 5.92. The van der Waals surface area contributed by atoms with Gasteiger partial charge in [0.05, 0.1) is 12.6 Å². The molecule has 108 valence electrons. The van der Waals surface area contributed by atoms with E-state index in [0.29, 0.717) is 6.61 Å². The summed E-state index contributed by atoms with van der Waals surface area (Å²) in [5.74, 6) is 2.00. The van der Waals surface area contributed by atoms with Gasteiger partial charge in [0, 0.05) is 25.4 Å². The molecule has 0 amide bonds. The smallest absolute Gasteiger partial charge is 0.125 e. The summed E-state index contributed by atoms with van der Waals surface area (Å²) in [4.78, 5) is 4.48. The van der Waals surface area contributed by atoms with Gasteiger partial charge in [0.2, 0.25) is 0 Å². The van der Waals surface area contributed by atoms with E-state index < -0.39 is 0 Å². The summed E-state index contributed by atoms with van der Waals surface area (Å²) >= 11 is 0. The van der Waals surface area contributed by atoms with Gasteiger partial charge in [-0.3, -0.25) is 0 Å². The van der Waals surface area contributed by atoms with Crippen LogP contribution in [0.3, 0.4) is 0 Å². The second-order valence-corrected chi connectivity index (χ2v) is 4.77. The van der Waals surface area contributed by atoms with E-state index in [0.717, 1.165) is 31.0 Å². The van der Waals surface area contributed by atoms with Crippen molar-refractivity contribution < 1.29 is 4.74 Å². The quantitative estimate of drug-likeness (QED) is 0.803. The molecule has 1 aromatic heterocycles. The van der Waals surface area contributed by atoms with E-state index in [1.165, 1.54) is 0 Å². The summed E-state index contributed by atoms with van der Waals surface area (Å²) in [6.45, 7) is 3.86. The van der Waals surface area contributed by atoms with Crippen LogP contribution in [-0.2, 0) is 6.54 Å². The Morgan fingerprint density at radius 3 is 2.80 bits per heavy atom. The van der Waals surface area contributed by atoms with Crippen LogP contribution in [0.15, 0.2) is 42.7 Å². The van der Waals surface area contributed by atoms with E-state index in [1.54, 1.807) is 0 Å². The van der Waals surface area contributed by atoms with Crippen LogP contribution in [0.5, 0.6) is 5.75 Å². The number of aromatic nitrogens is 2. The molecule has 0 aliphatic heterocycles. The first-order chi connectivity index (χ1) is 9.85. The topological polar surface area (TPSA) is 39.1 Å². The molecule has 2 aromatic rings. The molecule has 20 heavy (non-hydrogen) atoms. The Hall–Kier alpha value is -1.81. The highest BCUT2D eigenvalue weighted by Crippen LogP contribution is 2.16. The molecule has 1 N–H and O–H groups in total. The molecule has 0 fully saturated rings. The predicted molar refractivity (Wildman–Crippen MR) is 80.9 cm³/mol. The van der Waals surface area contributed by atoms with E-state index >= 15 is 0 Å². The van der Waals surface area contributed by atoms with Crippen LogP contribution in [0.25, 0.3) is 0 Å². The van der Waals surface area contributed by atoms with Gasteiger partial charge in [-0.15, -0.1) is 0 Å². The lowest BCUT2D eigenvalue weighted by molar-refractivity contribution is 0.285. The highest BCUT2D eigenvalue weighted by atomic mass is 16.5. The molecule has 0 aliphatic rings. The molecule has 0 bridgehead atoms. The van der Waals surface area contributed by atoms with Crippen molar-refractivity contribution in [2.24, 2.45) is 0 Å². The summed E-state index contributed by atoms with van der Waals surface area (Å²) in [5.41, 5.74) is 0. The Bertz CT molecular complexity index is 495. The third kappa shape index (κ3) is 3.84. The largest absolute Gasteiger partial charge is 0.494 e. The maximum absolute atomic E-state index is 5.76. The minimum absolute atomic E-state index is 0.222.